The van der Waals surface area contributed by atoms with E-state index in [9.17, 15) is 4.21 Å². The largest absolute Gasteiger partial charge is 0.309 e. The van der Waals surface area contributed by atoms with Crippen molar-refractivity contribution < 1.29 is 4.21 Å². The van der Waals surface area contributed by atoms with Crippen LogP contribution in [0.3, 0.4) is 0 Å². The van der Waals surface area contributed by atoms with Crippen LogP contribution >= 0.6 is 0 Å². The fourth-order valence-corrected chi connectivity index (χ4v) is 8.46. The van der Waals surface area contributed by atoms with E-state index in [0.29, 0.717) is 0 Å². The number of nitrogens with zero attached hydrogens (tertiary/aromatic N) is 2. The van der Waals surface area contributed by atoms with E-state index in [1.807, 2.05) is 24.3 Å². The van der Waals surface area contributed by atoms with Crippen LogP contribution < -0.4 is 0 Å². The van der Waals surface area contributed by atoms with E-state index in [0.717, 1.165) is 43.8 Å². The van der Waals surface area contributed by atoms with Crippen molar-refractivity contribution in [2.45, 2.75) is 4.90 Å². The molecule has 43 heavy (non-hydrogen) atoms. The highest BCUT2D eigenvalue weighted by molar-refractivity contribution is 7.93. The third-order valence-electron chi connectivity index (χ3n) is 8.85. The van der Waals surface area contributed by atoms with Crippen LogP contribution in [0.5, 0.6) is 0 Å². The van der Waals surface area contributed by atoms with E-state index >= 15 is 0 Å². The van der Waals surface area contributed by atoms with Crippen molar-refractivity contribution >= 4 is 75.6 Å². The number of hydrogen-bond acceptors (Lipinski definition) is 2. The molecular formula is C39H26N2OS. The molecule has 0 radical (unpaired) electrons. The van der Waals surface area contributed by atoms with Gasteiger partial charge in [-0.2, -0.15) is 4.36 Å². The Balaban J connectivity index is 1.30. The van der Waals surface area contributed by atoms with Gasteiger partial charge >= 0.3 is 0 Å². The molecule has 0 fully saturated rings. The molecule has 0 amide bonds. The zero-order valence-electron chi connectivity index (χ0n) is 23.5. The van der Waals surface area contributed by atoms with Crippen LogP contribution in [0.4, 0.5) is 0 Å². The summed E-state index contributed by atoms with van der Waals surface area (Å²) >= 11 is 0. The first-order chi connectivity index (χ1) is 21.1. The molecule has 0 saturated carbocycles. The number of rotatable bonds is 2. The van der Waals surface area contributed by atoms with Crippen molar-refractivity contribution in [1.29, 1.82) is 0 Å². The first-order valence-electron chi connectivity index (χ1n) is 14.5. The number of para-hydroxylation sites is 1. The van der Waals surface area contributed by atoms with Gasteiger partial charge in [0.15, 0.2) is 0 Å². The number of fused-ring (bicyclic) bond motifs is 10. The van der Waals surface area contributed by atoms with Gasteiger partial charge in [-0.25, -0.2) is 4.21 Å². The highest BCUT2D eigenvalue weighted by Gasteiger charge is 2.20. The molecular weight excluding hydrogens is 545 g/mol. The Morgan fingerprint density at radius 3 is 1.86 bits per heavy atom. The summed E-state index contributed by atoms with van der Waals surface area (Å²) in [6.45, 7) is 0. The monoisotopic (exact) mass is 570 g/mol. The van der Waals surface area contributed by atoms with Crippen LogP contribution in [-0.2, 0) is 9.73 Å². The summed E-state index contributed by atoms with van der Waals surface area (Å²) in [5.74, 6) is 0. The summed E-state index contributed by atoms with van der Waals surface area (Å²) < 4.78 is 20.7. The first kappa shape index (κ1) is 24.4. The molecule has 9 rings (SSSR count). The van der Waals surface area contributed by atoms with Crippen molar-refractivity contribution in [3.63, 3.8) is 0 Å². The zero-order valence-corrected chi connectivity index (χ0v) is 24.3. The molecule has 0 saturated heterocycles. The quantitative estimate of drug-likeness (QED) is 0.190. The minimum atomic E-state index is -2.53. The average Bonchev–Trinajstić information content (AvgIpc) is 3.38. The Bertz CT molecular complexity index is 2600. The predicted molar refractivity (Wildman–Crippen MR) is 182 cm³/mol. The van der Waals surface area contributed by atoms with Gasteiger partial charge in [-0.3, -0.25) is 0 Å². The standard InChI is InChI=1S/C39H26N2OS/c1-43(42)39-17-9-2-10-26(39)23-36(40-43)25-18-21-38-35(22-25)33-15-7-8-16-37(33)41(38)27-19-20-32-30-13-4-3-11-28(30)29-12-5-6-14-31(29)34(32)24-27/h2-24H,1H3. The van der Waals surface area contributed by atoms with Gasteiger partial charge in [0.2, 0.25) is 0 Å². The Kier molecular flexibility index (Phi) is 5.06. The normalized spacial score (nSPS) is 16.5. The molecule has 2 heterocycles. The molecule has 4 heteroatoms. The van der Waals surface area contributed by atoms with E-state index in [-0.39, 0.29) is 0 Å². The topological polar surface area (TPSA) is 34.4 Å². The minimum absolute atomic E-state index is 0.758. The van der Waals surface area contributed by atoms with Gasteiger partial charge in [-0.1, -0.05) is 97.1 Å². The van der Waals surface area contributed by atoms with Crippen LogP contribution in [0, 0.1) is 0 Å². The molecule has 1 aliphatic heterocycles. The molecule has 0 N–H and O–H groups in total. The molecule has 204 valence electrons. The summed E-state index contributed by atoms with van der Waals surface area (Å²) in [7, 11) is -2.53. The van der Waals surface area contributed by atoms with Gasteiger partial charge in [0.05, 0.1) is 31.4 Å². The molecule has 1 aromatic heterocycles. The second kappa shape index (κ2) is 8.90. The molecule has 8 aromatic rings. The summed E-state index contributed by atoms with van der Waals surface area (Å²) in [5.41, 5.74) is 6.10. The van der Waals surface area contributed by atoms with Crippen LogP contribution in [0.2, 0.25) is 0 Å². The summed E-state index contributed by atoms with van der Waals surface area (Å²) in [4.78, 5) is 0.799. The van der Waals surface area contributed by atoms with Crippen LogP contribution in [-0.4, -0.2) is 15.0 Å². The van der Waals surface area contributed by atoms with Crippen molar-refractivity contribution in [3.05, 3.63) is 145 Å². The average molecular weight is 571 g/mol. The molecule has 1 aliphatic rings. The maximum atomic E-state index is 13.5. The maximum absolute atomic E-state index is 13.5. The van der Waals surface area contributed by atoms with Gasteiger partial charge in [0.25, 0.3) is 0 Å². The van der Waals surface area contributed by atoms with E-state index in [1.165, 1.54) is 37.7 Å². The molecule has 0 spiro atoms. The van der Waals surface area contributed by atoms with Crippen molar-refractivity contribution in [2.24, 2.45) is 4.36 Å². The molecule has 1 unspecified atom stereocenters. The Morgan fingerprint density at radius 2 is 1.12 bits per heavy atom. The SMILES string of the molecule is CS1(=O)=NC(c2ccc3c(c2)c2ccccc2n3-c2ccc3c4ccccc4c4ccccc4c3c2)=Cc2ccccc21. The third-order valence-corrected chi connectivity index (χ3v) is 10.6. The predicted octanol–water partition coefficient (Wildman–Crippen LogP) is 10.2. The smallest absolute Gasteiger partial charge is 0.0812 e. The lowest BCUT2D eigenvalue weighted by Crippen LogP contribution is -2.04. The third kappa shape index (κ3) is 3.57. The van der Waals surface area contributed by atoms with E-state index < -0.39 is 9.73 Å². The van der Waals surface area contributed by atoms with Crippen molar-refractivity contribution in [2.75, 3.05) is 6.26 Å². The Labute approximate surface area is 249 Å². The lowest BCUT2D eigenvalue weighted by Gasteiger charge is -2.16. The minimum Gasteiger partial charge on any atom is -0.309 e. The summed E-state index contributed by atoms with van der Waals surface area (Å²) in [6, 6.07) is 47.2. The van der Waals surface area contributed by atoms with Crippen LogP contribution in [0.1, 0.15) is 11.1 Å². The zero-order chi connectivity index (χ0) is 28.7. The van der Waals surface area contributed by atoms with Crippen molar-refractivity contribution in [3.8, 4) is 5.69 Å². The van der Waals surface area contributed by atoms with E-state index in [2.05, 4.69) is 120 Å². The van der Waals surface area contributed by atoms with Gasteiger partial charge in [-0.15, -0.1) is 0 Å². The second-order valence-electron chi connectivity index (χ2n) is 11.4. The van der Waals surface area contributed by atoms with Gasteiger partial charge in [0, 0.05) is 28.3 Å². The number of benzene rings is 7. The van der Waals surface area contributed by atoms with Crippen molar-refractivity contribution in [1.82, 2.24) is 4.57 Å². The first-order valence-corrected chi connectivity index (χ1v) is 16.4. The van der Waals surface area contributed by atoms with E-state index in [4.69, 9.17) is 4.36 Å². The van der Waals surface area contributed by atoms with Gasteiger partial charge in [-0.05, 0) is 80.4 Å². The maximum Gasteiger partial charge on any atom is 0.0812 e. The lowest BCUT2D eigenvalue weighted by molar-refractivity contribution is 0.680. The molecule has 3 nitrogen and oxygen atoms in total. The molecule has 1 atom stereocenters. The Hall–Kier alpha value is -5.19. The number of hydrogen-bond donors (Lipinski definition) is 0. The van der Waals surface area contributed by atoms with Crippen LogP contribution in [0.15, 0.2) is 143 Å². The highest BCUT2D eigenvalue weighted by atomic mass is 32.2. The fourth-order valence-electron chi connectivity index (χ4n) is 6.94. The lowest BCUT2D eigenvalue weighted by atomic mass is 9.94. The molecule has 0 aliphatic carbocycles. The Morgan fingerprint density at radius 1 is 0.535 bits per heavy atom. The highest BCUT2D eigenvalue weighted by Crippen LogP contribution is 2.40. The summed E-state index contributed by atoms with van der Waals surface area (Å²) in [6.07, 6.45) is 3.79. The van der Waals surface area contributed by atoms with Gasteiger partial charge < -0.3 is 4.57 Å². The summed E-state index contributed by atoms with van der Waals surface area (Å²) in [5, 5.41) is 9.92. The molecule has 7 aromatic carbocycles. The second-order valence-corrected chi connectivity index (χ2v) is 13.6. The van der Waals surface area contributed by atoms with E-state index in [1.54, 1.807) is 6.26 Å². The molecule has 0 bridgehead atoms. The number of aromatic nitrogens is 1. The fraction of sp³-hybridized carbons (Fsp3) is 0.0256. The van der Waals surface area contributed by atoms with Gasteiger partial charge in [0.1, 0.15) is 0 Å². The van der Waals surface area contributed by atoms with Crippen LogP contribution in [0.25, 0.3) is 71.6 Å².